The number of aromatic hydroxyl groups is 1. The molecule has 0 saturated heterocycles. The first-order valence-corrected chi connectivity index (χ1v) is 14.7. The van der Waals surface area contributed by atoms with E-state index in [1.54, 1.807) is 6.07 Å². The fraction of sp³-hybridized carbons (Fsp3) is 0.294. The van der Waals surface area contributed by atoms with Gasteiger partial charge in [0.25, 0.3) is 0 Å². The van der Waals surface area contributed by atoms with Crippen molar-refractivity contribution in [1.82, 2.24) is 0 Å². The van der Waals surface area contributed by atoms with Crippen LogP contribution in [0.1, 0.15) is 59.1 Å². The van der Waals surface area contributed by atoms with Gasteiger partial charge in [0.05, 0.1) is 15.6 Å². The van der Waals surface area contributed by atoms with Crippen molar-refractivity contribution >= 4 is 31.9 Å². The molecule has 4 aromatic carbocycles. The van der Waals surface area contributed by atoms with Crippen molar-refractivity contribution in [2.24, 2.45) is 0 Å². The Labute approximate surface area is 251 Å². The number of rotatable bonds is 6. The molecule has 39 heavy (non-hydrogen) atoms. The number of ether oxygens (including phenoxy) is 1. The highest BCUT2D eigenvalue weighted by Gasteiger charge is 2.08. The number of aliphatic hydroxyl groups is 1. The molecule has 5 heteroatoms. The third kappa shape index (κ3) is 11.6. The van der Waals surface area contributed by atoms with Gasteiger partial charge in [-0.2, -0.15) is 0 Å². The first-order chi connectivity index (χ1) is 18.5. The van der Waals surface area contributed by atoms with Crippen molar-refractivity contribution in [2.45, 2.75) is 53.4 Å². The molecule has 0 bridgehead atoms. The monoisotopic (exact) mass is 654 g/mol. The SMILES string of the molecule is Cc1ccc(Br)c(O)c1.Cc1ccc([C@@H](C)CO)cc1.Cc1ccc([C@@H](C)COc2cc(C)ccc2Br)cc1. The maximum absolute atomic E-state index is 9.05. The Morgan fingerprint density at radius 1 is 0.615 bits per heavy atom. The van der Waals surface area contributed by atoms with E-state index in [2.05, 4.69) is 120 Å². The lowest BCUT2D eigenvalue weighted by Gasteiger charge is -2.15. The van der Waals surface area contributed by atoms with Gasteiger partial charge >= 0.3 is 0 Å². The Balaban J connectivity index is 0.000000226. The Hall–Kier alpha value is -2.60. The van der Waals surface area contributed by atoms with Gasteiger partial charge < -0.3 is 14.9 Å². The molecule has 0 spiro atoms. The Morgan fingerprint density at radius 3 is 1.51 bits per heavy atom. The van der Waals surface area contributed by atoms with Crippen LogP contribution in [-0.4, -0.2) is 23.4 Å². The zero-order chi connectivity index (χ0) is 28.9. The van der Waals surface area contributed by atoms with E-state index < -0.39 is 0 Å². The van der Waals surface area contributed by atoms with Crippen molar-refractivity contribution < 1.29 is 14.9 Å². The summed E-state index contributed by atoms with van der Waals surface area (Å²) in [6, 6.07) is 28.5. The molecule has 2 atom stereocenters. The summed E-state index contributed by atoms with van der Waals surface area (Å²) in [5.74, 6) is 1.86. The summed E-state index contributed by atoms with van der Waals surface area (Å²) in [5.41, 5.74) is 7.35. The molecule has 208 valence electrons. The van der Waals surface area contributed by atoms with E-state index in [0.717, 1.165) is 20.3 Å². The Bertz CT molecular complexity index is 1290. The smallest absolute Gasteiger partial charge is 0.133 e. The van der Waals surface area contributed by atoms with Gasteiger partial charge in [-0.05, 0) is 106 Å². The van der Waals surface area contributed by atoms with E-state index in [1.165, 1.54) is 27.8 Å². The van der Waals surface area contributed by atoms with Crippen molar-refractivity contribution in [3.8, 4) is 11.5 Å². The molecule has 0 fully saturated rings. The molecule has 3 nitrogen and oxygen atoms in total. The van der Waals surface area contributed by atoms with E-state index in [9.17, 15) is 0 Å². The second-order valence-electron chi connectivity index (χ2n) is 10.0. The predicted molar refractivity (Wildman–Crippen MR) is 171 cm³/mol. The van der Waals surface area contributed by atoms with Crippen molar-refractivity contribution in [3.05, 3.63) is 127 Å². The lowest BCUT2D eigenvalue weighted by molar-refractivity contribution is 0.273. The number of hydrogen-bond acceptors (Lipinski definition) is 3. The van der Waals surface area contributed by atoms with E-state index in [1.807, 2.05) is 32.0 Å². The number of phenolic OH excluding ortho intramolecular Hbond substituents is 1. The van der Waals surface area contributed by atoms with Gasteiger partial charge in [0.2, 0.25) is 0 Å². The van der Waals surface area contributed by atoms with Crippen LogP contribution in [0.2, 0.25) is 0 Å². The number of phenols is 1. The fourth-order valence-corrected chi connectivity index (χ4v) is 4.16. The molecule has 4 aromatic rings. The van der Waals surface area contributed by atoms with Gasteiger partial charge in [0.15, 0.2) is 0 Å². The van der Waals surface area contributed by atoms with Crippen LogP contribution >= 0.6 is 31.9 Å². The summed E-state index contributed by atoms with van der Waals surface area (Å²) >= 11 is 6.70. The standard InChI is InChI=1S/C17H19BrO.C10H14O.C7H7BrO/c1-12-4-7-15(8-5-12)14(3)11-19-17-10-13(2)6-9-16(17)18;1-8-3-5-10(6-4-8)9(2)7-11;1-5-2-3-6(8)7(9)4-5/h4-10,14H,11H2,1-3H3;3-6,9,11H,7H2,1-2H3;2-4,9H,1H3/t14-;9-;/m00./s1. The van der Waals surface area contributed by atoms with Crippen molar-refractivity contribution in [3.63, 3.8) is 0 Å². The molecule has 0 heterocycles. The van der Waals surface area contributed by atoms with Gasteiger partial charge in [0.1, 0.15) is 11.5 Å². The largest absolute Gasteiger partial charge is 0.507 e. The number of aliphatic hydroxyl groups excluding tert-OH is 1. The van der Waals surface area contributed by atoms with E-state index in [-0.39, 0.29) is 12.5 Å². The average Bonchev–Trinajstić information content (AvgIpc) is 2.92. The molecule has 0 aromatic heterocycles. The third-order valence-corrected chi connectivity index (χ3v) is 7.57. The van der Waals surface area contributed by atoms with Crippen molar-refractivity contribution in [1.29, 1.82) is 0 Å². The molecule has 0 aliphatic heterocycles. The minimum atomic E-state index is 0.225. The highest BCUT2D eigenvalue weighted by atomic mass is 79.9. The third-order valence-electron chi connectivity index (χ3n) is 6.24. The highest BCUT2D eigenvalue weighted by molar-refractivity contribution is 9.10. The highest BCUT2D eigenvalue weighted by Crippen LogP contribution is 2.27. The zero-order valence-electron chi connectivity index (χ0n) is 23.7. The predicted octanol–water partition coefficient (Wildman–Crippen LogP) is 9.80. The molecule has 0 radical (unpaired) electrons. The summed E-state index contributed by atoms with van der Waals surface area (Å²) in [4.78, 5) is 0. The van der Waals surface area contributed by atoms with Gasteiger partial charge in [-0.3, -0.25) is 0 Å². The van der Waals surface area contributed by atoms with E-state index in [4.69, 9.17) is 14.9 Å². The second-order valence-corrected chi connectivity index (χ2v) is 11.7. The van der Waals surface area contributed by atoms with Crippen LogP contribution in [0, 0.1) is 27.7 Å². The van der Waals surface area contributed by atoms with Crippen LogP contribution in [0.5, 0.6) is 11.5 Å². The first kappa shape index (κ1) is 32.6. The summed E-state index contributed by atoms with van der Waals surface area (Å²) in [5, 5.41) is 17.9. The first-order valence-electron chi connectivity index (χ1n) is 13.1. The maximum atomic E-state index is 9.05. The van der Waals surface area contributed by atoms with Gasteiger partial charge in [-0.1, -0.05) is 85.6 Å². The minimum absolute atomic E-state index is 0.225. The van der Waals surface area contributed by atoms with Crippen LogP contribution in [0.3, 0.4) is 0 Å². The average molecular weight is 656 g/mol. The summed E-state index contributed by atoms with van der Waals surface area (Å²) < 4.78 is 7.67. The molecule has 0 aliphatic rings. The number of hydrogen-bond donors (Lipinski definition) is 2. The van der Waals surface area contributed by atoms with Crippen LogP contribution in [0.15, 0.2) is 93.9 Å². The van der Waals surface area contributed by atoms with Gasteiger partial charge in [-0.25, -0.2) is 0 Å². The second kappa shape index (κ2) is 16.5. The maximum Gasteiger partial charge on any atom is 0.133 e. The quantitative estimate of drug-likeness (QED) is 0.217. The molecular formula is C34H40Br2O3. The molecule has 0 unspecified atom stereocenters. The summed E-state index contributed by atoms with van der Waals surface area (Å²) in [6.45, 7) is 13.3. The van der Waals surface area contributed by atoms with Gasteiger partial charge in [-0.15, -0.1) is 0 Å². The Morgan fingerprint density at radius 2 is 1.05 bits per heavy atom. The zero-order valence-corrected chi connectivity index (χ0v) is 26.9. The number of halogens is 2. The van der Waals surface area contributed by atoms with Gasteiger partial charge in [0, 0.05) is 18.4 Å². The van der Waals surface area contributed by atoms with E-state index in [0.29, 0.717) is 18.3 Å². The lowest BCUT2D eigenvalue weighted by Crippen LogP contribution is -2.07. The molecule has 4 rings (SSSR count). The molecule has 2 N–H and O–H groups in total. The lowest BCUT2D eigenvalue weighted by atomic mass is 10.0. The van der Waals surface area contributed by atoms with Crippen LogP contribution in [0.25, 0.3) is 0 Å². The van der Waals surface area contributed by atoms with E-state index >= 15 is 0 Å². The normalized spacial score (nSPS) is 11.8. The molecule has 0 aliphatic carbocycles. The van der Waals surface area contributed by atoms with Crippen molar-refractivity contribution in [2.75, 3.05) is 13.2 Å². The molecular weight excluding hydrogens is 616 g/mol. The summed E-state index contributed by atoms with van der Waals surface area (Å²) in [6.07, 6.45) is 0. The number of benzene rings is 4. The Kier molecular flexibility index (Phi) is 13.8. The van der Waals surface area contributed by atoms with Crippen LogP contribution in [-0.2, 0) is 0 Å². The molecule has 0 saturated carbocycles. The summed E-state index contributed by atoms with van der Waals surface area (Å²) in [7, 11) is 0. The van der Waals surface area contributed by atoms with Crippen LogP contribution in [0.4, 0.5) is 0 Å². The minimum Gasteiger partial charge on any atom is -0.507 e. The fourth-order valence-electron chi connectivity index (χ4n) is 3.55. The topological polar surface area (TPSA) is 49.7 Å². The number of aryl methyl sites for hydroxylation is 4. The van der Waals surface area contributed by atoms with Crippen LogP contribution < -0.4 is 4.74 Å². The molecule has 0 amide bonds.